The molecule has 0 heterocycles. The number of nitrogens with one attached hydrogen (secondary N) is 1. The van der Waals surface area contributed by atoms with Crippen molar-refractivity contribution in [3.05, 3.63) is 53.3 Å². The number of hydrogen-bond donors (Lipinski definition) is 1. The molecule has 0 fully saturated rings. The van der Waals surface area contributed by atoms with Gasteiger partial charge in [-0.05, 0) is 37.3 Å². The van der Waals surface area contributed by atoms with Gasteiger partial charge in [-0.25, -0.2) is 4.39 Å². The van der Waals surface area contributed by atoms with Crippen LogP contribution in [0.15, 0.2) is 42.5 Å². The number of ether oxygens (including phenoxy) is 1. The van der Waals surface area contributed by atoms with Crippen LogP contribution >= 0.6 is 11.6 Å². The van der Waals surface area contributed by atoms with E-state index < -0.39 is 5.82 Å². The van der Waals surface area contributed by atoms with Crippen LogP contribution in [0.25, 0.3) is 0 Å². The van der Waals surface area contributed by atoms with Gasteiger partial charge in [0.15, 0.2) is 0 Å². The molecule has 2 aromatic carbocycles. The number of rotatable bonds is 7. The maximum absolute atomic E-state index is 13.2. The number of hydrogen-bond acceptors (Lipinski definition) is 3. The number of carbonyl (C=O) groups is 2. The minimum atomic E-state index is -0.556. The summed E-state index contributed by atoms with van der Waals surface area (Å²) >= 11 is 5.70. The molecule has 138 valence electrons. The van der Waals surface area contributed by atoms with E-state index in [-0.39, 0.29) is 29.8 Å². The van der Waals surface area contributed by atoms with E-state index in [2.05, 4.69) is 5.32 Å². The summed E-state index contributed by atoms with van der Waals surface area (Å²) in [6, 6.07) is 11.1. The van der Waals surface area contributed by atoms with Gasteiger partial charge in [-0.2, -0.15) is 0 Å². The minimum absolute atomic E-state index is 0.0645. The van der Waals surface area contributed by atoms with Gasteiger partial charge in [0.1, 0.15) is 11.6 Å². The molecule has 5 nitrogen and oxygen atoms in total. The van der Waals surface area contributed by atoms with Gasteiger partial charge in [0, 0.05) is 25.6 Å². The lowest BCUT2D eigenvalue weighted by molar-refractivity contribution is -0.117. The molecule has 2 aromatic rings. The summed E-state index contributed by atoms with van der Waals surface area (Å²) in [6.07, 6.45) is 0.0645. The Morgan fingerprint density at radius 3 is 2.62 bits per heavy atom. The first kappa shape index (κ1) is 19.7. The van der Waals surface area contributed by atoms with Crippen molar-refractivity contribution in [3.8, 4) is 5.75 Å². The predicted octanol–water partition coefficient (Wildman–Crippen LogP) is 4.26. The molecular weight excluding hydrogens is 359 g/mol. The zero-order valence-corrected chi connectivity index (χ0v) is 15.3. The second-order valence-corrected chi connectivity index (χ2v) is 5.91. The molecule has 0 atom stereocenters. The largest absolute Gasteiger partial charge is 0.492 e. The van der Waals surface area contributed by atoms with Crippen LogP contribution in [0.5, 0.6) is 5.75 Å². The van der Waals surface area contributed by atoms with Gasteiger partial charge >= 0.3 is 0 Å². The molecule has 0 saturated heterocycles. The summed E-state index contributed by atoms with van der Waals surface area (Å²) in [6.45, 7) is 3.94. The fourth-order valence-corrected chi connectivity index (χ4v) is 2.60. The number of anilines is 2. The lowest BCUT2D eigenvalue weighted by Crippen LogP contribution is -2.32. The van der Waals surface area contributed by atoms with Gasteiger partial charge in [0.25, 0.3) is 0 Å². The van der Waals surface area contributed by atoms with Crippen LogP contribution in [0.4, 0.5) is 15.8 Å². The van der Waals surface area contributed by atoms with Crippen LogP contribution in [-0.2, 0) is 9.59 Å². The van der Waals surface area contributed by atoms with Crippen LogP contribution in [-0.4, -0.2) is 25.0 Å². The van der Waals surface area contributed by atoms with Crippen molar-refractivity contribution >= 4 is 34.8 Å². The highest BCUT2D eigenvalue weighted by molar-refractivity contribution is 6.31. The number of benzene rings is 2. The highest BCUT2D eigenvalue weighted by Gasteiger charge is 2.17. The van der Waals surface area contributed by atoms with Gasteiger partial charge < -0.3 is 15.0 Å². The smallest absolute Gasteiger partial charge is 0.226 e. The van der Waals surface area contributed by atoms with Gasteiger partial charge in [0.05, 0.1) is 17.3 Å². The van der Waals surface area contributed by atoms with Crippen molar-refractivity contribution < 1.29 is 18.7 Å². The van der Waals surface area contributed by atoms with E-state index >= 15 is 0 Å². The fraction of sp³-hybridized carbons (Fsp3) is 0.263. The molecule has 0 saturated carbocycles. The number of para-hydroxylation sites is 2. The van der Waals surface area contributed by atoms with Crippen LogP contribution < -0.4 is 15.0 Å². The molecule has 0 spiro atoms. The molecule has 1 N–H and O–H groups in total. The Balaban J connectivity index is 2.05. The van der Waals surface area contributed by atoms with Crippen molar-refractivity contribution in [3.63, 3.8) is 0 Å². The minimum Gasteiger partial charge on any atom is -0.492 e. The van der Waals surface area contributed by atoms with E-state index in [1.165, 1.54) is 30.0 Å². The Morgan fingerprint density at radius 2 is 1.96 bits per heavy atom. The molecule has 0 radical (unpaired) electrons. The van der Waals surface area contributed by atoms with E-state index in [4.69, 9.17) is 16.3 Å². The number of halogens is 2. The monoisotopic (exact) mass is 378 g/mol. The van der Waals surface area contributed by atoms with E-state index in [1.54, 1.807) is 18.2 Å². The van der Waals surface area contributed by atoms with Gasteiger partial charge in [-0.15, -0.1) is 0 Å². The van der Waals surface area contributed by atoms with E-state index in [0.29, 0.717) is 23.7 Å². The van der Waals surface area contributed by atoms with Crippen molar-refractivity contribution in [1.82, 2.24) is 0 Å². The van der Waals surface area contributed by atoms with E-state index in [9.17, 15) is 14.0 Å². The Bertz CT molecular complexity index is 798. The van der Waals surface area contributed by atoms with Crippen molar-refractivity contribution in [2.45, 2.75) is 20.3 Å². The zero-order valence-electron chi connectivity index (χ0n) is 14.6. The summed E-state index contributed by atoms with van der Waals surface area (Å²) in [5.41, 5.74) is 1.00. The van der Waals surface area contributed by atoms with Crippen LogP contribution in [0.3, 0.4) is 0 Å². The standard InChI is InChI=1S/C19H20ClFN2O3/c1-3-26-18-7-5-4-6-17(18)23(13(2)24)11-10-19(25)22-14-8-9-16(21)15(20)12-14/h4-9,12H,3,10-11H2,1-2H3,(H,22,25). The number of amides is 2. The third-order valence-electron chi connectivity index (χ3n) is 3.60. The lowest BCUT2D eigenvalue weighted by atomic mass is 10.2. The highest BCUT2D eigenvalue weighted by Crippen LogP contribution is 2.28. The maximum atomic E-state index is 13.2. The average molecular weight is 379 g/mol. The molecule has 0 aromatic heterocycles. The molecule has 2 rings (SSSR count). The Hall–Kier alpha value is -2.60. The topological polar surface area (TPSA) is 58.6 Å². The first-order valence-electron chi connectivity index (χ1n) is 8.17. The number of nitrogens with zero attached hydrogens (tertiary/aromatic N) is 1. The second kappa shape index (κ2) is 9.20. The highest BCUT2D eigenvalue weighted by atomic mass is 35.5. The van der Waals surface area contributed by atoms with Crippen molar-refractivity contribution in [1.29, 1.82) is 0 Å². The maximum Gasteiger partial charge on any atom is 0.226 e. The average Bonchev–Trinajstić information content (AvgIpc) is 2.59. The third kappa shape index (κ3) is 5.20. The van der Waals surface area contributed by atoms with Crippen molar-refractivity contribution in [2.75, 3.05) is 23.4 Å². The zero-order chi connectivity index (χ0) is 19.1. The lowest BCUT2D eigenvalue weighted by Gasteiger charge is -2.23. The normalized spacial score (nSPS) is 10.3. The first-order valence-corrected chi connectivity index (χ1v) is 8.55. The summed E-state index contributed by atoms with van der Waals surface area (Å²) in [5, 5.41) is 2.57. The Kier molecular flexibility index (Phi) is 6.97. The summed E-state index contributed by atoms with van der Waals surface area (Å²) in [4.78, 5) is 25.7. The van der Waals surface area contributed by atoms with Crippen molar-refractivity contribution in [2.24, 2.45) is 0 Å². The molecule has 26 heavy (non-hydrogen) atoms. The van der Waals surface area contributed by atoms with Crippen LogP contribution in [0, 0.1) is 5.82 Å². The summed E-state index contributed by atoms with van der Waals surface area (Å²) in [5.74, 6) is -0.488. The molecule has 0 bridgehead atoms. The molecule has 0 aliphatic heterocycles. The fourth-order valence-electron chi connectivity index (χ4n) is 2.42. The van der Waals surface area contributed by atoms with Gasteiger partial charge in [-0.3, -0.25) is 9.59 Å². The Morgan fingerprint density at radius 1 is 1.23 bits per heavy atom. The van der Waals surface area contributed by atoms with E-state index in [1.807, 2.05) is 13.0 Å². The molecule has 7 heteroatoms. The quantitative estimate of drug-likeness (QED) is 0.783. The van der Waals surface area contributed by atoms with Gasteiger partial charge in [0.2, 0.25) is 11.8 Å². The molecule has 0 unspecified atom stereocenters. The Labute approximate surface area is 156 Å². The molecular formula is C19H20ClFN2O3. The first-order chi connectivity index (χ1) is 12.4. The summed E-state index contributed by atoms with van der Waals surface area (Å²) < 4.78 is 18.7. The molecule has 0 aliphatic carbocycles. The SMILES string of the molecule is CCOc1ccccc1N(CCC(=O)Nc1ccc(F)c(Cl)c1)C(C)=O. The van der Waals surface area contributed by atoms with E-state index in [0.717, 1.165) is 0 Å². The second-order valence-electron chi connectivity index (χ2n) is 5.50. The predicted molar refractivity (Wildman–Crippen MR) is 100 cm³/mol. The molecule has 2 amide bonds. The van der Waals surface area contributed by atoms with Crippen LogP contribution in [0.1, 0.15) is 20.3 Å². The third-order valence-corrected chi connectivity index (χ3v) is 3.89. The van der Waals surface area contributed by atoms with Gasteiger partial charge in [-0.1, -0.05) is 23.7 Å². The van der Waals surface area contributed by atoms with Crippen LogP contribution in [0.2, 0.25) is 5.02 Å². The summed E-state index contributed by atoms with van der Waals surface area (Å²) in [7, 11) is 0. The molecule has 0 aliphatic rings. The number of carbonyl (C=O) groups excluding carboxylic acids is 2.